The van der Waals surface area contributed by atoms with Gasteiger partial charge in [0, 0.05) is 12.2 Å². The monoisotopic (exact) mass is 248 g/mol. The third-order valence-electron chi connectivity index (χ3n) is 3.06. The molecule has 1 atom stereocenters. The van der Waals surface area contributed by atoms with E-state index in [1.807, 2.05) is 18.2 Å². The predicted octanol–water partition coefficient (Wildman–Crippen LogP) is 1.74. The van der Waals surface area contributed by atoms with Crippen molar-refractivity contribution >= 4 is 11.6 Å². The van der Waals surface area contributed by atoms with Crippen molar-refractivity contribution in [3.63, 3.8) is 0 Å². The van der Waals surface area contributed by atoms with Crippen LogP contribution in [0.1, 0.15) is 25.3 Å². The summed E-state index contributed by atoms with van der Waals surface area (Å²) in [7, 11) is 0. The number of anilines is 1. The average molecular weight is 248 g/mol. The lowest BCUT2D eigenvalue weighted by molar-refractivity contribution is -0.120. The summed E-state index contributed by atoms with van der Waals surface area (Å²) in [6, 6.07) is 7.72. The molecule has 1 fully saturated rings. The van der Waals surface area contributed by atoms with E-state index in [4.69, 9.17) is 4.74 Å². The smallest absolute Gasteiger partial charge is 0.243 e. The summed E-state index contributed by atoms with van der Waals surface area (Å²) < 4.78 is 5.28. The lowest BCUT2D eigenvalue weighted by Crippen LogP contribution is -2.48. The number of ether oxygens (including phenoxy) is 1. The Kier molecular flexibility index (Phi) is 4.33. The Labute approximate surface area is 108 Å². The first-order valence-electron chi connectivity index (χ1n) is 6.39. The van der Waals surface area contributed by atoms with Crippen molar-refractivity contribution in [3.8, 4) is 0 Å². The van der Waals surface area contributed by atoms with Crippen LogP contribution in [0.25, 0.3) is 0 Å². The van der Waals surface area contributed by atoms with E-state index < -0.39 is 0 Å². The third-order valence-corrected chi connectivity index (χ3v) is 3.06. The zero-order valence-corrected chi connectivity index (χ0v) is 10.9. The fraction of sp³-hybridized carbons (Fsp3) is 0.500. The molecular weight excluding hydrogens is 228 g/mol. The van der Waals surface area contributed by atoms with Gasteiger partial charge < -0.3 is 15.4 Å². The van der Waals surface area contributed by atoms with Crippen LogP contribution in [0, 0.1) is 0 Å². The molecule has 0 spiro atoms. The molecule has 1 aliphatic heterocycles. The maximum atomic E-state index is 12.0. The number of amides is 1. The van der Waals surface area contributed by atoms with Crippen LogP contribution in [-0.2, 0) is 9.53 Å². The molecule has 4 heteroatoms. The Balaban J connectivity index is 1.99. The van der Waals surface area contributed by atoms with E-state index in [9.17, 15) is 4.79 Å². The minimum Gasteiger partial charge on any atom is -0.378 e. The first kappa shape index (κ1) is 13.1. The minimum absolute atomic E-state index is 0.0318. The van der Waals surface area contributed by atoms with Crippen LogP contribution in [-0.4, -0.2) is 31.7 Å². The fourth-order valence-corrected chi connectivity index (χ4v) is 1.94. The number of hydrogen-bond donors (Lipinski definition) is 2. The predicted molar refractivity (Wildman–Crippen MR) is 71.8 cm³/mol. The zero-order chi connectivity index (χ0) is 13.0. The number of rotatable bonds is 3. The van der Waals surface area contributed by atoms with E-state index in [2.05, 4.69) is 30.5 Å². The van der Waals surface area contributed by atoms with Gasteiger partial charge in [0.25, 0.3) is 0 Å². The number of carbonyl (C=O) groups is 1. The van der Waals surface area contributed by atoms with E-state index in [1.165, 1.54) is 5.56 Å². The van der Waals surface area contributed by atoms with Crippen molar-refractivity contribution < 1.29 is 9.53 Å². The van der Waals surface area contributed by atoms with Gasteiger partial charge in [0.1, 0.15) is 6.04 Å². The number of benzene rings is 1. The molecule has 1 amide bonds. The molecule has 4 nitrogen and oxygen atoms in total. The molecule has 1 aliphatic rings. The van der Waals surface area contributed by atoms with Gasteiger partial charge in [0.15, 0.2) is 0 Å². The Hall–Kier alpha value is -1.39. The molecule has 1 saturated heterocycles. The van der Waals surface area contributed by atoms with E-state index in [1.54, 1.807) is 0 Å². The van der Waals surface area contributed by atoms with Crippen LogP contribution < -0.4 is 10.6 Å². The normalized spacial score (nSPS) is 19.8. The van der Waals surface area contributed by atoms with Gasteiger partial charge in [0.2, 0.25) is 5.91 Å². The quantitative estimate of drug-likeness (QED) is 0.856. The van der Waals surface area contributed by atoms with E-state index in [0.29, 0.717) is 19.1 Å². The molecule has 1 heterocycles. The number of nitrogens with one attached hydrogen (secondary N) is 2. The molecule has 1 unspecified atom stereocenters. The van der Waals surface area contributed by atoms with Crippen LogP contribution in [0.3, 0.4) is 0 Å². The average Bonchev–Trinajstić information content (AvgIpc) is 2.40. The maximum Gasteiger partial charge on any atom is 0.243 e. The van der Waals surface area contributed by atoms with Gasteiger partial charge in [-0.1, -0.05) is 26.0 Å². The first-order valence-corrected chi connectivity index (χ1v) is 6.39. The van der Waals surface area contributed by atoms with E-state index in [0.717, 1.165) is 12.2 Å². The highest BCUT2D eigenvalue weighted by atomic mass is 16.5. The van der Waals surface area contributed by atoms with Crippen molar-refractivity contribution in [2.45, 2.75) is 25.8 Å². The van der Waals surface area contributed by atoms with Gasteiger partial charge >= 0.3 is 0 Å². The van der Waals surface area contributed by atoms with Crippen molar-refractivity contribution in [2.24, 2.45) is 0 Å². The van der Waals surface area contributed by atoms with Gasteiger partial charge in [-0.15, -0.1) is 0 Å². The number of hydrogen-bond acceptors (Lipinski definition) is 3. The maximum absolute atomic E-state index is 12.0. The van der Waals surface area contributed by atoms with E-state index in [-0.39, 0.29) is 11.9 Å². The molecular formula is C14H20N2O2. The van der Waals surface area contributed by atoms with Crippen LogP contribution in [0.4, 0.5) is 5.69 Å². The van der Waals surface area contributed by atoms with Crippen molar-refractivity contribution in [1.82, 2.24) is 5.32 Å². The summed E-state index contributed by atoms with van der Waals surface area (Å²) in [4.78, 5) is 12.0. The molecule has 0 radical (unpaired) electrons. The SMILES string of the molecule is CC(C)c1cccc(NC(=O)C2COCCN2)c1. The molecule has 18 heavy (non-hydrogen) atoms. The van der Waals surface area contributed by atoms with Crippen molar-refractivity contribution in [2.75, 3.05) is 25.1 Å². The number of morpholine rings is 1. The lowest BCUT2D eigenvalue weighted by atomic mass is 10.0. The van der Waals surface area contributed by atoms with Crippen LogP contribution >= 0.6 is 0 Å². The Morgan fingerprint density at radius 2 is 2.33 bits per heavy atom. The molecule has 0 bridgehead atoms. The minimum atomic E-state index is -0.249. The summed E-state index contributed by atoms with van der Waals surface area (Å²) in [5.41, 5.74) is 2.07. The highest BCUT2D eigenvalue weighted by molar-refractivity contribution is 5.95. The third kappa shape index (κ3) is 3.31. The highest BCUT2D eigenvalue weighted by Crippen LogP contribution is 2.18. The molecule has 2 rings (SSSR count). The largest absolute Gasteiger partial charge is 0.378 e. The molecule has 0 saturated carbocycles. The first-order chi connectivity index (χ1) is 8.66. The fourth-order valence-electron chi connectivity index (χ4n) is 1.94. The molecule has 0 aromatic heterocycles. The molecule has 1 aromatic rings. The summed E-state index contributed by atoms with van der Waals surface area (Å²) in [6.45, 7) is 6.11. The van der Waals surface area contributed by atoms with Gasteiger partial charge in [-0.3, -0.25) is 4.79 Å². The molecule has 0 aliphatic carbocycles. The summed E-state index contributed by atoms with van der Waals surface area (Å²) >= 11 is 0. The van der Waals surface area contributed by atoms with Crippen molar-refractivity contribution in [3.05, 3.63) is 29.8 Å². The van der Waals surface area contributed by atoms with Gasteiger partial charge in [-0.2, -0.15) is 0 Å². The second-order valence-corrected chi connectivity index (χ2v) is 4.85. The molecule has 1 aromatic carbocycles. The van der Waals surface area contributed by atoms with Crippen LogP contribution in [0.2, 0.25) is 0 Å². The Morgan fingerprint density at radius 1 is 1.50 bits per heavy atom. The summed E-state index contributed by atoms with van der Waals surface area (Å²) in [5.74, 6) is 0.425. The highest BCUT2D eigenvalue weighted by Gasteiger charge is 2.21. The summed E-state index contributed by atoms with van der Waals surface area (Å²) in [6.07, 6.45) is 0. The van der Waals surface area contributed by atoms with Gasteiger partial charge in [-0.25, -0.2) is 0 Å². The van der Waals surface area contributed by atoms with Crippen molar-refractivity contribution in [1.29, 1.82) is 0 Å². The topological polar surface area (TPSA) is 50.4 Å². The Morgan fingerprint density at radius 3 is 3.00 bits per heavy atom. The second kappa shape index (κ2) is 5.98. The van der Waals surface area contributed by atoms with Crippen LogP contribution in [0.5, 0.6) is 0 Å². The second-order valence-electron chi connectivity index (χ2n) is 4.85. The zero-order valence-electron chi connectivity index (χ0n) is 10.9. The summed E-state index contributed by atoms with van der Waals surface area (Å²) in [5, 5.41) is 6.06. The Bertz CT molecular complexity index is 412. The van der Waals surface area contributed by atoms with Crippen LogP contribution in [0.15, 0.2) is 24.3 Å². The van der Waals surface area contributed by atoms with E-state index >= 15 is 0 Å². The lowest BCUT2D eigenvalue weighted by Gasteiger charge is -2.23. The standard InChI is InChI=1S/C14H20N2O2/c1-10(2)11-4-3-5-12(8-11)16-14(17)13-9-18-7-6-15-13/h3-5,8,10,13,15H,6-7,9H2,1-2H3,(H,16,17). The van der Waals surface area contributed by atoms with Gasteiger partial charge in [0.05, 0.1) is 13.2 Å². The number of carbonyl (C=O) groups excluding carboxylic acids is 1. The molecule has 98 valence electrons. The van der Waals surface area contributed by atoms with Gasteiger partial charge in [-0.05, 0) is 23.6 Å². The molecule has 2 N–H and O–H groups in total.